The zero-order valence-corrected chi connectivity index (χ0v) is 22.4. The van der Waals surface area contributed by atoms with E-state index in [-0.39, 0.29) is 11.3 Å². The molecule has 1 amide bonds. The van der Waals surface area contributed by atoms with Crippen molar-refractivity contribution in [1.82, 2.24) is 40.3 Å². The lowest BCUT2D eigenvalue weighted by atomic mass is 9.92. The Kier molecular flexibility index (Phi) is 5.98. The Morgan fingerprint density at radius 1 is 1.10 bits per heavy atom. The summed E-state index contributed by atoms with van der Waals surface area (Å²) in [5.74, 6) is 0.0166. The molecule has 9 nitrogen and oxygen atoms in total. The monoisotopic (exact) mass is 518 g/mol. The van der Waals surface area contributed by atoms with Gasteiger partial charge in [-0.3, -0.25) is 19.9 Å². The maximum absolute atomic E-state index is 12.6. The number of fused-ring (bicyclic) bond motifs is 2. The van der Waals surface area contributed by atoms with Crippen LogP contribution in [-0.4, -0.2) is 54.5 Å². The molecular formula is C30H30N8O. The van der Waals surface area contributed by atoms with Crippen LogP contribution in [0.1, 0.15) is 32.9 Å². The van der Waals surface area contributed by atoms with Crippen LogP contribution in [0.4, 0.5) is 0 Å². The van der Waals surface area contributed by atoms with Crippen LogP contribution >= 0.6 is 0 Å². The Hall–Kier alpha value is -4.79. The van der Waals surface area contributed by atoms with Gasteiger partial charge >= 0.3 is 0 Å². The third kappa shape index (κ3) is 5.03. The van der Waals surface area contributed by atoms with Crippen molar-refractivity contribution in [1.29, 1.82) is 0 Å². The smallest absolute Gasteiger partial charge is 0.224 e. The van der Waals surface area contributed by atoms with Crippen LogP contribution in [0.15, 0.2) is 73.1 Å². The number of carbonyl (C=O) groups is 1. The van der Waals surface area contributed by atoms with Crippen LogP contribution in [0.25, 0.3) is 50.0 Å². The van der Waals surface area contributed by atoms with Crippen molar-refractivity contribution < 1.29 is 4.79 Å². The molecule has 0 radical (unpaired) electrons. The third-order valence-electron chi connectivity index (χ3n) is 6.58. The van der Waals surface area contributed by atoms with E-state index in [0.29, 0.717) is 13.0 Å². The number of aromatic amines is 2. The number of rotatable bonds is 5. The zero-order chi connectivity index (χ0) is 27.1. The Labute approximate surface area is 226 Å². The highest BCUT2D eigenvalue weighted by atomic mass is 16.1. The van der Waals surface area contributed by atoms with Gasteiger partial charge in [-0.2, -0.15) is 5.10 Å². The molecule has 5 aromatic heterocycles. The van der Waals surface area contributed by atoms with Gasteiger partial charge in [-0.15, -0.1) is 0 Å². The fourth-order valence-corrected chi connectivity index (χ4v) is 4.92. The minimum Gasteiger partial charge on any atom is -0.374 e. The maximum Gasteiger partial charge on any atom is 0.224 e. The third-order valence-corrected chi connectivity index (χ3v) is 6.58. The van der Waals surface area contributed by atoms with Crippen LogP contribution in [0, 0.1) is 5.41 Å². The van der Waals surface area contributed by atoms with Gasteiger partial charge in [-0.25, -0.2) is 4.98 Å². The summed E-state index contributed by atoms with van der Waals surface area (Å²) in [6.07, 6.45) is 11.8. The van der Waals surface area contributed by atoms with Gasteiger partial charge in [0.25, 0.3) is 0 Å². The molecule has 0 saturated carbocycles. The highest BCUT2D eigenvalue weighted by molar-refractivity contribution is 5.99. The molecule has 9 heteroatoms. The summed E-state index contributed by atoms with van der Waals surface area (Å²) in [5.41, 5.74) is 8.58. The van der Waals surface area contributed by atoms with E-state index in [9.17, 15) is 4.79 Å². The van der Waals surface area contributed by atoms with Crippen LogP contribution in [0.3, 0.4) is 0 Å². The lowest BCUT2D eigenvalue weighted by Gasteiger charge is -2.25. The molecule has 196 valence electrons. The second kappa shape index (κ2) is 9.50. The molecular weight excluding hydrogens is 488 g/mol. The number of hydrogen-bond donors (Lipinski definition) is 3. The number of likely N-dealkylation sites (N-methyl/N-ethyl adjacent to an activating group) is 1. The largest absolute Gasteiger partial charge is 0.374 e. The molecule has 0 aliphatic carbocycles. The van der Waals surface area contributed by atoms with E-state index in [0.717, 1.165) is 61.4 Å². The van der Waals surface area contributed by atoms with Crippen molar-refractivity contribution in [2.45, 2.75) is 27.2 Å². The minimum atomic E-state index is -0.0778. The fraction of sp³-hybridized carbons (Fsp3) is 0.233. The van der Waals surface area contributed by atoms with Gasteiger partial charge in [0.1, 0.15) is 11.2 Å². The summed E-state index contributed by atoms with van der Waals surface area (Å²) < 4.78 is 0. The Morgan fingerprint density at radius 3 is 2.77 bits per heavy atom. The predicted octanol–water partition coefficient (Wildman–Crippen LogP) is 5.29. The van der Waals surface area contributed by atoms with Gasteiger partial charge in [0, 0.05) is 66.0 Å². The molecule has 0 aromatic carbocycles. The first-order valence-electron chi connectivity index (χ1n) is 12.9. The van der Waals surface area contributed by atoms with Crippen LogP contribution in [0.5, 0.6) is 0 Å². The number of allylic oxidation sites excluding steroid dienone is 2. The van der Waals surface area contributed by atoms with Crippen LogP contribution in [-0.2, 0) is 4.79 Å². The van der Waals surface area contributed by atoms with Crippen molar-refractivity contribution in [3.05, 3.63) is 78.8 Å². The quantitative estimate of drug-likeness (QED) is 0.291. The van der Waals surface area contributed by atoms with Gasteiger partial charge in [0.2, 0.25) is 5.91 Å². The number of pyridine rings is 3. The first-order chi connectivity index (χ1) is 18.7. The van der Waals surface area contributed by atoms with Crippen molar-refractivity contribution in [3.63, 3.8) is 0 Å². The Bertz CT molecular complexity index is 1750. The Balaban J connectivity index is 1.36. The molecule has 0 atom stereocenters. The van der Waals surface area contributed by atoms with Gasteiger partial charge in [0.05, 0.1) is 35.2 Å². The maximum atomic E-state index is 12.6. The highest BCUT2D eigenvalue weighted by Crippen LogP contribution is 2.33. The van der Waals surface area contributed by atoms with E-state index < -0.39 is 0 Å². The second-order valence-electron chi connectivity index (χ2n) is 11.2. The van der Waals surface area contributed by atoms with E-state index in [1.54, 1.807) is 6.20 Å². The van der Waals surface area contributed by atoms with Crippen LogP contribution < -0.4 is 5.32 Å². The molecule has 6 rings (SSSR count). The number of nitrogens with one attached hydrogen (secondary N) is 3. The molecule has 0 fully saturated rings. The van der Waals surface area contributed by atoms with E-state index in [1.165, 1.54) is 0 Å². The second-order valence-corrected chi connectivity index (χ2v) is 11.2. The van der Waals surface area contributed by atoms with Gasteiger partial charge in [-0.05, 0) is 35.8 Å². The standard InChI is InChI=1S/C30H30N8O/c1-30(2,3)12-27(39)33-20-10-19(16-38(4)17-20)23-7-8-24-28(35-23)29(37-36-24)25-11-21-22(14-32-15-26(21)34-25)18-6-5-9-31-13-18/h5-11,13-16,34H,12,17H2,1-4H3,(H,33,39)(H,36,37). The molecule has 1 aliphatic heterocycles. The summed E-state index contributed by atoms with van der Waals surface area (Å²) in [7, 11) is 1.99. The van der Waals surface area contributed by atoms with Crippen molar-refractivity contribution in [3.8, 4) is 22.5 Å². The number of hydrogen-bond acceptors (Lipinski definition) is 6. The van der Waals surface area contributed by atoms with E-state index in [2.05, 4.69) is 62.2 Å². The predicted molar refractivity (Wildman–Crippen MR) is 153 cm³/mol. The van der Waals surface area contributed by atoms with Crippen LogP contribution in [0.2, 0.25) is 0 Å². The van der Waals surface area contributed by atoms with Crippen molar-refractivity contribution >= 4 is 33.4 Å². The molecule has 0 bridgehead atoms. The summed E-state index contributed by atoms with van der Waals surface area (Å²) in [6.45, 7) is 6.81. The lowest BCUT2D eigenvalue weighted by molar-refractivity contribution is -0.122. The van der Waals surface area contributed by atoms with Gasteiger partial charge < -0.3 is 15.2 Å². The average molecular weight is 519 g/mol. The van der Waals surface area contributed by atoms with Crippen molar-refractivity contribution in [2.75, 3.05) is 13.6 Å². The summed E-state index contributed by atoms with van der Waals surface area (Å²) >= 11 is 0. The molecule has 5 aromatic rings. The zero-order valence-electron chi connectivity index (χ0n) is 22.4. The first-order valence-corrected chi connectivity index (χ1v) is 12.9. The minimum absolute atomic E-state index is 0.0166. The summed E-state index contributed by atoms with van der Waals surface area (Å²) in [5, 5.41) is 11.8. The van der Waals surface area contributed by atoms with Crippen molar-refractivity contribution in [2.24, 2.45) is 5.41 Å². The highest BCUT2D eigenvalue weighted by Gasteiger charge is 2.20. The van der Waals surface area contributed by atoms with E-state index in [1.807, 2.05) is 62.2 Å². The van der Waals surface area contributed by atoms with E-state index in [4.69, 9.17) is 4.98 Å². The normalized spacial score (nSPS) is 14.0. The van der Waals surface area contributed by atoms with Gasteiger partial charge in [0.15, 0.2) is 0 Å². The molecule has 39 heavy (non-hydrogen) atoms. The summed E-state index contributed by atoms with van der Waals surface area (Å²) in [6, 6.07) is 9.98. The van der Waals surface area contributed by atoms with E-state index >= 15 is 0 Å². The molecule has 6 heterocycles. The average Bonchev–Trinajstić information content (AvgIpc) is 3.51. The fourth-order valence-electron chi connectivity index (χ4n) is 4.92. The molecule has 1 aliphatic rings. The number of amides is 1. The first kappa shape index (κ1) is 24.5. The Morgan fingerprint density at radius 2 is 1.97 bits per heavy atom. The number of aromatic nitrogens is 6. The molecule has 0 saturated heterocycles. The molecule has 3 N–H and O–H groups in total. The number of carbonyl (C=O) groups excluding carboxylic acids is 1. The SMILES string of the molecule is CN1C=C(c2ccc3[nH]nc(-c4cc5c(-c6cccnc6)cncc5[nH]4)c3n2)C=C(NC(=O)CC(C)(C)C)C1. The topological polar surface area (TPSA) is 115 Å². The molecule has 0 unspecified atom stereocenters. The lowest BCUT2D eigenvalue weighted by Crippen LogP contribution is -2.33. The molecule has 0 spiro atoms. The van der Waals surface area contributed by atoms with Gasteiger partial charge in [-0.1, -0.05) is 26.8 Å². The number of H-pyrrole nitrogens is 2. The summed E-state index contributed by atoms with van der Waals surface area (Å²) in [4.78, 5) is 31.8. The number of nitrogens with zero attached hydrogens (tertiary/aromatic N) is 5.